The van der Waals surface area contributed by atoms with Gasteiger partial charge in [0.1, 0.15) is 5.82 Å². The van der Waals surface area contributed by atoms with E-state index in [2.05, 4.69) is 4.98 Å². The number of ketones is 1. The second kappa shape index (κ2) is 3.54. The summed E-state index contributed by atoms with van der Waals surface area (Å²) in [4.78, 5) is 15.0. The van der Waals surface area contributed by atoms with E-state index < -0.39 is 0 Å². The van der Waals surface area contributed by atoms with Gasteiger partial charge in [-0.1, -0.05) is 18.5 Å². The van der Waals surface area contributed by atoms with Crippen LogP contribution >= 0.6 is 11.6 Å². The van der Waals surface area contributed by atoms with Crippen molar-refractivity contribution >= 4 is 23.2 Å². The normalized spacial score (nSPS) is 9.83. The number of anilines is 1. The van der Waals surface area contributed by atoms with Crippen molar-refractivity contribution in [1.29, 1.82) is 0 Å². The molecule has 64 valence electrons. The molecular weight excluding hydrogens is 176 g/mol. The maximum Gasteiger partial charge on any atom is 0.166 e. The first kappa shape index (κ1) is 9.00. The number of carbonyl (C=O) groups is 1. The van der Waals surface area contributed by atoms with E-state index in [1.807, 2.05) is 0 Å². The van der Waals surface area contributed by atoms with Crippen LogP contribution in [0.25, 0.3) is 0 Å². The zero-order chi connectivity index (χ0) is 9.14. The number of hydrogen-bond acceptors (Lipinski definition) is 3. The van der Waals surface area contributed by atoms with Crippen LogP contribution in [-0.4, -0.2) is 10.8 Å². The Morgan fingerprint density at radius 1 is 1.75 bits per heavy atom. The first-order valence-electron chi connectivity index (χ1n) is 3.59. The molecule has 0 aliphatic carbocycles. The monoisotopic (exact) mass is 184 g/mol. The van der Waals surface area contributed by atoms with Gasteiger partial charge in [0.05, 0.1) is 10.6 Å². The molecule has 0 saturated heterocycles. The molecule has 3 nitrogen and oxygen atoms in total. The highest BCUT2D eigenvalue weighted by Crippen LogP contribution is 2.16. The van der Waals surface area contributed by atoms with Gasteiger partial charge in [0.15, 0.2) is 5.78 Å². The van der Waals surface area contributed by atoms with Crippen LogP contribution in [-0.2, 0) is 0 Å². The van der Waals surface area contributed by atoms with Crippen LogP contribution in [0, 0.1) is 0 Å². The summed E-state index contributed by atoms with van der Waals surface area (Å²) >= 11 is 5.65. The quantitative estimate of drug-likeness (QED) is 0.715. The smallest absolute Gasteiger partial charge is 0.166 e. The van der Waals surface area contributed by atoms with Gasteiger partial charge < -0.3 is 5.73 Å². The number of nitrogen functional groups attached to an aromatic ring is 1. The van der Waals surface area contributed by atoms with Gasteiger partial charge in [0.25, 0.3) is 0 Å². The van der Waals surface area contributed by atoms with Crippen LogP contribution < -0.4 is 5.73 Å². The number of pyridine rings is 1. The minimum Gasteiger partial charge on any atom is -0.383 e. The summed E-state index contributed by atoms with van der Waals surface area (Å²) in [6.07, 6.45) is 1.83. The Bertz CT molecular complexity index is 312. The molecule has 4 heteroatoms. The van der Waals surface area contributed by atoms with Crippen molar-refractivity contribution in [3.63, 3.8) is 0 Å². The van der Waals surface area contributed by atoms with E-state index >= 15 is 0 Å². The van der Waals surface area contributed by atoms with E-state index in [9.17, 15) is 4.79 Å². The van der Waals surface area contributed by atoms with Crippen molar-refractivity contribution in [2.45, 2.75) is 13.3 Å². The average molecular weight is 185 g/mol. The second-order valence-electron chi connectivity index (χ2n) is 2.36. The summed E-state index contributed by atoms with van der Waals surface area (Å²) in [5.41, 5.74) is 5.88. The van der Waals surface area contributed by atoms with Crippen LogP contribution in [0.5, 0.6) is 0 Å². The van der Waals surface area contributed by atoms with Crippen LogP contribution in [0.1, 0.15) is 23.7 Å². The lowest BCUT2D eigenvalue weighted by atomic mass is 10.1. The van der Waals surface area contributed by atoms with E-state index in [0.717, 1.165) is 0 Å². The molecule has 1 rings (SSSR count). The lowest BCUT2D eigenvalue weighted by molar-refractivity contribution is 0.0989. The van der Waals surface area contributed by atoms with Gasteiger partial charge in [-0.3, -0.25) is 4.79 Å². The minimum atomic E-state index is -0.0394. The predicted molar refractivity (Wildman–Crippen MR) is 48.3 cm³/mol. The molecule has 1 heterocycles. The lowest BCUT2D eigenvalue weighted by Crippen LogP contribution is -2.03. The molecule has 0 saturated carbocycles. The molecule has 1 aromatic heterocycles. The molecule has 0 aliphatic heterocycles. The number of halogens is 1. The summed E-state index contributed by atoms with van der Waals surface area (Å²) in [7, 11) is 0. The van der Waals surface area contributed by atoms with E-state index in [4.69, 9.17) is 17.3 Å². The summed E-state index contributed by atoms with van der Waals surface area (Å²) in [6.45, 7) is 1.77. The van der Waals surface area contributed by atoms with Crippen molar-refractivity contribution in [3.05, 3.63) is 22.8 Å². The maximum absolute atomic E-state index is 11.2. The number of hydrogen-bond donors (Lipinski definition) is 1. The Labute approximate surface area is 75.6 Å². The fourth-order valence-electron chi connectivity index (χ4n) is 0.864. The molecule has 0 atom stereocenters. The van der Waals surface area contributed by atoms with Crippen molar-refractivity contribution in [2.75, 3.05) is 5.73 Å². The van der Waals surface area contributed by atoms with Crippen molar-refractivity contribution in [1.82, 2.24) is 4.98 Å². The zero-order valence-electron chi connectivity index (χ0n) is 6.67. The number of carbonyl (C=O) groups excluding carboxylic acids is 1. The van der Waals surface area contributed by atoms with Crippen molar-refractivity contribution < 1.29 is 4.79 Å². The molecular formula is C8H9ClN2O. The Kier molecular flexibility index (Phi) is 2.65. The summed E-state index contributed by atoms with van der Waals surface area (Å²) in [6, 6.07) is 1.54. The molecule has 0 amide bonds. The van der Waals surface area contributed by atoms with E-state index in [-0.39, 0.29) is 11.6 Å². The number of nitrogens with zero attached hydrogens (tertiary/aromatic N) is 1. The number of nitrogens with two attached hydrogens (primary N) is 1. The van der Waals surface area contributed by atoms with Gasteiger partial charge in [-0.05, 0) is 6.07 Å². The van der Waals surface area contributed by atoms with Crippen molar-refractivity contribution in [2.24, 2.45) is 0 Å². The van der Waals surface area contributed by atoms with Gasteiger partial charge in [0, 0.05) is 12.6 Å². The molecule has 12 heavy (non-hydrogen) atoms. The lowest BCUT2D eigenvalue weighted by Gasteiger charge is -2.01. The second-order valence-corrected chi connectivity index (χ2v) is 2.80. The van der Waals surface area contributed by atoms with E-state index in [0.29, 0.717) is 17.0 Å². The molecule has 1 aromatic rings. The predicted octanol–water partition coefficient (Wildman–Crippen LogP) is 1.91. The topological polar surface area (TPSA) is 56.0 Å². The Morgan fingerprint density at radius 3 is 3.00 bits per heavy atom. The van der Waals surface area contributed by atoms with Crippen LogP contribution in [0.15, 0.2) is 12.3 Å². The highest BCUT2D eigenvalue weighted by atomic mass is 35.5. The third-order valence-electron chi connectivity index (χ3n) is 1.51. The van der Waals surface area contributed by atoms with Crippen LogP contribution in [0.4, 0.5) is 5.82 Å². The first-order chi connectivity index (χ1) is 5.65. The number of rotatable bonds is 2. The fraction of sp³-hybridized carbons (Fsp3) is 0.250. The van der Waals surface area contributed by atoms with Gasteiger partial charge in [-0.2, -0.15) is 0 Å². The average Bonchev–Trinajstić information content (AvgIpc) is 2.08. The Hall–Kier alpha value is -1.09. The molecule has 0 aromatic carbocycles. The third-order valence-corrected chi connectivity index (χ3v) is 1.71. The van der Waals surface area contributed by atoms with Gasteiger partial charge in [0.2, 0.25) is 0 Å². The van der Waals surface area contributed by atoms with Gasteiger partial charge in [-0.15, -0.1) is 0 Å². The largest absolute Gasteiger partial charge is 0.383 e. The minimum absolute atomic E-state index is 0.0394. The number of Topliss-reactive ketones (excluding diaryl/α,β-unsaturated/α-hetero) is 1. The summed E-state index contributed by atoms with van der Waals surface area (Å²) < 4.78 is 0. The zero-order valence-corrected chi connectivity index (χ0v) is 7.43. The highest BCUT2D eigenvalue weighted by molar-refractivity contribution is 6.31. The van der Waals surface area contributed by atoms with Gasteiger partial charge >= 0.3 is 0 Å². The molecule has 0 spiro atoms. The summed E-state index contributed by atoms with van der Waals surface area (Å²) in [5, 5.41) is 0.431. The van der Waals surface area contributed by atoms with E-state index in [1.54, 1.807) is 6.92 Å². The SMILES string of the molecule is CCC(=O)c1cc(Cl)cnc1N. The molecule has 0 radical (unpaired) electrons. The van der Waals surface area contributed by atoms with Crippen molar-refractivity contribution in [3.8, 4) is 0 Å². The summed E-state index contributed by atoms with van der Waals surface area (Å²) in [5.74, 6) is 0.203. The Balaban J connectivity index is 3.13. The molecule has 0 fully saturated rings. The van der Waals surface area contributed by atoms with E-state index in [1.165, 1.54) is 12.3 Å². The Morgan fingerprint density at radius 2 is 2.42 bits per heavy atom. The van der Waals surface area contributed by atoms with Crippen LogP contribution in [0.3, 0.4) is 0 Å². The molecule has 0 bridgehead atoms. The van der Waals surface area contributed by atoms with Crippen LogP contribution in [0.2, 0.25) is 5.02 Å². The molecule has 0 unspecified atom stereocenters. The number of aromatic nitrogens is 1. The molecule has 0 aliphatic rings. The maximum atomic E-state index is 11.2. The fourth-order valence-corrected chi connectivity index (χ4v) is 1.02. The molecule has 2 N–H and O–H groups in total. The first-order valence-corrected chi connectivity index (χ1v) is 3.97. The highest BCUT2D eigenvalue weighted by Gasteiger charge is 2.08. The standard InChI is InChI=1S/C8H9ClN2O/c1-2-7(12)6-3-5(9)4-11-8(6)10/h3-4H,2H2,1H3,(H2,10,11). The third kappa shape index (κ3) is 1.74. The van der Waals surface area contributed by atoms with Gasteiger partial charge in [-0.25, -0.2) is 4.98 Å².